The Hall–Kier alpha value is -1.30. The number of nitrogens with zero attached hydrogens (tertiary/aromatic N) is 2. The van der Waals surface area contributed by atoms with Gasteiger partial charge < -0.3 is 19.9 Å². The molecule has 1 heterocycles. The Balaban J connectivity index is 2.15. The molecule has 0 spiro atoms. The monoisotopic (exact) mass is 313 g/mol. The molecule has 22 heavy (non-hydrogen) atoms. The van der Waals surface area contributed by atoms with Gasteiger partial charge in [-0.15, -0.1) is 0 Å². The van der Waals surface area contributed by atoms with Crippen LogP contribution in [-0.2, 0) is 9.53 Å². The van der Waals surface area contributed by atoms with Crippen LogP contribution in [0.25, 0.3) is 0 Å². The number of likely N-dealkylation sites (tertiary alicyclic amines) is 1. The lowest BCUT2D eigenvalue weighted by Gasteiger charge is -2.39. The van der Waals surface area contributed by atoms with E-state index in [1.165, 1.54) is 0 Å². The molecule has 0 bridgehead atoms. The van der Waals surface area contributed by atoms with Crippen LogP contribution >= 0.6 is 0 Å². The molecule has 0 aromatic heterocycles. The molecule has 1 aliphatic rings. The molecule has 0 atom stereocenters. The van der Waals surface area contributed by atoms with E-state index < -0.39 is 5.60 Å². The van der Waals surface area contributed by atoms with E-state index in [0.29, 0.717) is 26.1 Å². The van der Waals surface area contributed by atoms with Gasteiger partial charge in [0.1, 0.15) is 5.60 Å². The van der Waals surface area contributed by atoms with E-state index in [4.69, 9.17) is 4.74 Å². The summed E-state index contributed by atoms with van der Waals surface area (Å²) in [5, 5.41) is 2.95. The molecule has 0 aliphatic carbocycles. The first-order valence-corrected chi connectivity index (χ1v) is 8.22. The van der Waals surface area contributed by atoms with Crippen LogP contribution in [0.4, 0.5) is 4.79 Å². The molecule has 128 valence electrons. The molecule has 1 saturated heterocycles. The van der Waals surface area contributed by atoms with E-state index in [-0.39, 0.29) is 17.9 Å². The van der Waals surface area contributed by atoms with Crippen molar-refractivity contribution in [3.8, 4) is 0 Å². The van der Waals surface area contributed by atoms with Crippen molar-refractivity contribution in [1.82, 2.24) is 15.1 Å². The number of ether oxygens (including phenoxy) is 1. The van der Waals surface area contributed by atoms with E-state index in [9.17, 15) is 9.59 Å². The van der Waals surface area contributed by atoms with Crippen LogP contribution < -0.4 is 5.32 Å². The fourth-order valence-electron chi connectivity index (χ4n) is 2.40. The average Bonchev–Trinajstić information content (AvgIpc) is 2.36. The van der Waals surface area contributed by atoms with E-state index in [1.807, 2.05) is 20.8 Å². The Bertz CT molecular complexity index is 369. The maximum Gasteiger partial charge on any atom is 0.410 e. The maximum absolute atomic E-state index is 11.8. The van der Waals surface area contributed by atoms with Crippen LogP contribution in [-0.4, -0.2) is 66.7 Å². The highest BCUT2D eigenvalue weighted by molar-refractivity contribution is 5.77. The second-order valence-corrected chi connectivity index (χ2v) is 6.83. The molecule has 0 aromatic carbocycles. The summed E-state index contributed by atoms with van der Waals surface area (Å²) in [6, 6.07) is 0. The molecule has 6 nitrogen and oxygen atoms in total. The van der Waals surface area contributed by atoms with Crippen LogP contribution in [0.5, 0.6) is 0 Å². The van der Waals surface area contributed by atoms with E-state index in [2.05, 4.69) is 24.1 Å². The fraction of sp³-hybridized carbons (Fsp3) is 0.875. The molecule has 1 N–H and O–H groups in total. The number of rotatable bonds is 7. The zero-order chi connectivity index (χ0) is 16.8. The summed E-state index contributed by atoms with van der Waals surface area (Å²) in [4.78, 5) is 27.6. The summed E-state index contributed by atoms with van der Waals surface area (Å²) < 4.78 is 5.29. The number of hydrogen-bond donors (Lipinski definition) is 1. The van der Waals surface area contributed by atoms with Gasteiger partial charge >= 0.3 is 6.09 Å². The van der Waals surface area contributed by atoms with Gasteiger partial charge in [0.15, 0.2) is 0 Å². The van der Waals surface area contributed by atoms with Crippen molar-refractivity contribution in [2.24, 2.45) is 5.92 Å². The predicted octanol–water partition coefficient (Wildman–Crippen LogP) is 1.70. The minimum atomic E-state index is -0.468. The Kier molecular flexibility index (Phi) is 7.13. The van der Waals surface area contributed by atoms with Crippen molar-refractivity contribution in [1.29, 1.82) is 0 Å². The van der Waals surface area contributed by atoms with Gasteiger partial charge in [0.25, 0.3) is 0 Å². The molecule has 1 aliphatic heterocycles. The quantitative estimate of drug-likeness (QED) is 0.777. The van der Waals surface area contributed by atoms with Crippen LogP contribution in [0.3, 0.4) is 0 Å². The molecule has 2 amide bonds. The third kappa shape index (κ3) is 6.64. The van der Waals surface area contributed by atoms with Crippen LogP contribution in [0.2, 0.25) is 0 Å². The predicted molar refractivity (Wildman–Crippen MR) is 86.7 cm³/mol. The zero-order valence-electron chi connectivity index (χ0n) is 14.6. The van der Waals surface area contributed by atoms with Crippen molar-refractivity contribution in [2.45, 2.75) is 46.6 Å². The first-order valence-electron chi connectivity index (χ1n) is 8.22. The number of amides is 2. The van der Waals surface area contributed by atoms with Gasteiger partial charge in [0.05, 0.1) is 0 Å². The largest absolute Gasteiger partial charge is 0.444 e. The Morgan fingerprint density at radius 3 is 2.32 bits per heavy atom. The summed E-state index contributed by atoms with van der Waals surface area (Å²) in [6.07, 6.45) is 0.197. The van der Waals surface area contributed by atoms with E-state index in [0.717, 1.165) is 19.6 Å². The van der Waals surface area contributed by atoms with Gasteiger partial charge in [-0.25, -0.2) is 4.79 Å². The Morgan fingerprint density at radius 1 is 1.23 bits per heavy atom. The minimum Gasteiger partial charge on any atom is -0.444 e. The second-order valence-electron chi connectivity index (χ2n) is 6.83. The molecular formula is C16H31N3O3. The van der Waals surface area contributed by atoms with Crippen molar-refractivity contribution >= 4 is 12.0 Å². The standard InChI is InChI=1S/C16H31N3O3/c1-6-18(7-2)9-8-17-14(20)10-13-11-19(12-13)15(21)22-16(3,4)5/h13H,6-12H2,1-5H3,(H,17,20). The van der Waals surface area contributed by atoms with Gasteiger partial charge in [-0.2, -0.15) is 0 Å². The molecule has 1 fully saturated rings. The number of carbonyl (C=O) groups is 2. The second kappa shape index (κ2) is 8.36. The molecule has 0 unspecified atom stereocenters. The van der Waals surface area contributed by atoms with Crippen molar-refractivity contribution in [2.75, 3.05) is 39.3 Å². The summed E-state index contributed by atoms with van der Waals surface area (Å²) in [5.41, 5.74) is -0.468. The van der Waals surface area contributed by atoms with E-state index >= 15 is 0 Å². The SMILES string of the molecule is CCN(CC)CCNC(=O)CC1CN(C(=O)OC(C)(C)C)C1. The summed E-state index contributed by atoms with van der Waals surface area (Å²) >= 11 is 0. The molecular weight excluding hydrogens is 282 g/mol. The molecule has 1 rings (SSSR count). The molecule has 0 aromatic rings. The van der Waals surface area contributed by atoms with Gasteiger partial charge in [0.2, 0.25) is 5.91 Å². The van der Waals surface area contributed by atoms with Crippen molar-refractivity contribution in [3.63, 3.8) is 0 Å². The maximum atomic E-state index is 11.8. The summed E-state index contributed by atoms with van der Waals surface area (Å²) in [7, 11) is 0. The van der Waals surface area contributed by atoms with Gasteiger partial charge in [-0.3, -0.25) is 4.79 Å². The lowest BCUT2D eigenvalue weighted by Crippen LogP contribution is -2.52. The van der Waals surface area contributed by atoms with E-state index in [1.54, 1.807) is 4.90 Å². The molecule has 0 radical (unpaired) electrons. The van der Waals surface area contributed by atoms with Crippen LogP contribution in [0, 0.1) is 5.92 Å². The third-order valence-electron chi connectivity index (χ3n) is 3.73. The third-order valence-corrected chi connectivity index (χ3v) is 3.73. The highest BCUT2D eigenvalue weighted by Crippen LogP contribution is 2.21. The minimum absolute atomic E-state index is 0.0704. The molecule has 6 heteroatoms. The first-order chi connectivity index (χ1) is 10.2. The average molecular weight is 313 g/mol. The first kappa shape index (κ1) is 18.7. The number of carbonyl (C=O) groups excluding carboxylic acids is 2. The summed E-state index contributed by atoms with van der Waals surface area (Å²) in [5.74, 6) is 0.321. The lowest BCUT2D eigenvalue weighted by atomic mass is 9.96. The summed E-state index contributed by atoms with van der Waals surface area (Å²) in [6.45, 7) is 14.6. The lowest BCUT2D eigenvalue weighted by molar-refractivity contribution is -0.123. The van der Waals surface area contributed by atoms with Crippen LogP contribution in [0.1, 0.15) is 41.0 Å². The number of nitrogens with one attached hydrogen (secondary N) is 1. The number of hydrogen-bond acceptors (Lipinski definition) is 4. The smallest absolute Gasteiger partial charge is 0.410 e. The van der Waals surface area contributed by atoms with Gasteiger partial charge in [-0.05, 0) is 33.9 Å². The highest BCUT2D eigenvalue weighted by Gasteiger charge is 2.34. The van der Waals surface area contributed by atoms with Gasteiger partial charge in [0, 0.05) is 38.5 Å². The van der Waals surface area contributed by atoms with Crippen LogP contribution in [0.15, 0.2) is 0 Å². The topological polar surface area (TPSA) is 61.9 Å². The fourth-order valence-corrected chi connectivity index (χ4v) is 2.40. The zero-order valence-corrected chi connectivity index (χ0v) is 14.6. The van der Waals surface area contributed by atoms with Crippen molar-refractivity contribution < 1.29 is 14.3 Å². The normalized spacial score (nSPS) is 15.6. The molecule has 0 saturated carbocycles. The van der Waals surface area contributed by atoms with Crippen molar-refractivity contribution in [3.05, 3.63) is 0 Å². The Morgan fingerprint density at radius 2 is 1.82 bits per heavy atom. The highest BCUT2D eigenvalue weighted by atomic mass is 16.6. The Labute approximate surface area is 134 Å². The number of likely N-dealkylation sites (N-methyl/N-ethyl adjacent to an activating group) is 1. The van der Waals surface area contributed by atoms with Gasteiger partial charge in [-0.1, -0.05) is 13.8 Å².